The van der Waals surface area contributed by atoms with Crippen molar-refractivity contribution in [2.24, 2.45) is 0 Å². The number of hydrogen-bond acceptors (Lipinski definition) is 3. The molecule has 3 aromatic carbocycles. The van der Waals surface area contributed by atoms with Gasteiger partial charge < -0.3 is 10.6 Å². The lowest BCUT2D eigenvalue weighted by atomic mass is 10.1. The molecule has 6 nitrogen and oxygen atoms in total. The number of rotatable bonds is 6. The van der Waals surface area contributed by atoms with Gasteiger partial charge in [0.05, 0.1) is 12.7 Å². The smallest absolute Gasteiger partial charge is 0.256 e. The quantitative estimate of drug-likeness (QED) is 0.447. The second kappa shape index (κ2) is 9.28. The lowest BCUT2D eigenvalue weighted by Gasteiger charge is -2.10. The molecule has 2 amide bonds. The Bertz CT molecular complexity index is 1190. The van der Waals surface area contributed by atoms with Gasteiger partial charge in [-0.3, -0.25) is 9.59 Å². The zero-order chi connectivity index (χ0) is 21.6. The molecule has 0 aliphatic heterocycles. The Morgan fingerprint density at radius 1 is 0.774 bits per heavy atom. The summed E-state index contributed by atoms with van der Waals surface area (Å²) in [6, 6.07) is 24.9. The molecule has 0 bridgehead atoms. The van der Waals surface area contributed by atoms with Crippen molar-refractivity contribution in [3.63, 3.8) is 0 Å². The fourth-order valence-corrected chi connectivity index (χ4v) is 3.14. The average molecular weight is 431 g/mol. The van der Waals surface area contributed by atoms with E-state index in [4.69, 9.17) is 11.6 Å². The van der Waals surface area contributed by atoms with Crippen molar-refractivity contribution in [1.82, 2.24) is 9.78 Å². The number of nitrogens with zero attached hydrogens (tertiary/aromatic N) is 2. The summed E-state index contributed by atoms with van der Waals surface area (Å²) in [5, 5.41) is 10.6. The molecule has 0 aliphatic carbocycles. The molecule has 0 fully saturated rings. The highest BCUT2D eigenvalue weighted by atomic mass is 35.5. The number of benzene rings is 3. The van der Waals surface area contributed by atoms with Gasteiger partial charge in [-0.15, -0.1) is 0 Å². The van der Waals surface area contributed by atoms with Crippen LogP contribution in [-0.2, 0) is 6.54 Å². The highest BCUT2D eigenvalue weighted by Crippen LogP contribution is 2.16. The molecule has 31 heavy (non-hydrogen) atoms. The standard InChI is InChI=1S/C24H19ClN4O2/c25-20-10-6-17(7-11-20)16-29-22(14-15-26-29)28-24(31)19-8-12-21(13-9-19)27-23(30)18-4-2-1-3-5-18/h1-15H,16H2,(H,27,30)(H,28,31). The maximum Gasteiger partial charge on any atom is 0.256 e. The first-order chi connectivity index (χ1) is 15.1. The van der Waals surface area contributed by atoms with Crippen LogP contribution in [0.15, 0.2) is 91.1 Å². The third kappa shape index (κ3) is 5.18. The number of nitrogens with one attached hydrogen (secondary N) is 2. The van der Waals surface area contributed by atoms with Gasteiger partial charge >= 0.3 is 0 Å². The SMILES string of the molecule is O=C(Nc1ccc(C(=O)Nc2ccnn2Cc2ccc(Cl)cc2)cc1)c1ccccc1. The second-order valence-corrected chi connectivity index (χ2v) is 7.29. The topological polar surface area (TPSA) is 76.0 Å². The normalized spacial score (nSPS) is 10.5. The van der Waals surface area contributed by atoms with E-state index in [2.05, 4.69) is 15.7 Å². The Kier molecular flexibility index (Phi) is 6.10. The summed E-state index contributed by atoms with van der Waals surface area (Å²) >= 11 is 5.93. The van der Waals surface area contributed by atoms with Crippen molar-refractivity contribution < 1.29 is 9.59 Å². The number of carbonyl (C=O) groups excluding carboxylic acids is 2. The fourth-order valence-electron chi connectivity index (χ4n) is 3.01. The van der Waals surface area contributed by atoms with Crippen LogP contribution < -0.4 is 10.6 Å². The Hall–Kier alpha value is -3.90. The average Bonchev–Trinajstić information content (AvgIpc) is 3.22. The van der Waals surface area contributed by atoms with Crippen LogP contribution in [0.1, 0.15) is 26.3 Å². The molecule has 1 heterocycles. The van der Waals surface area contributed by atoms with Crippen molar-refractivity contribution in [3.05, 3.63) is 113 Å². The first-order valence-corrected chi connectivity index (χ1v) is 10.0. The Labute approximate surface area is 184 Å². The maximum atomic E-state index is 12.7. The van der Waals surface area contributed by atoms with Crippen LogP contribution in [0, 0.1) is 0 Å². The first-order valence-electron chi connectivity index (χ1n) is 9.62. The van der Waals surface area contributed by atoms with Gasteiger partial charge in [0, 0.05) is 27.9 Å². The van der Waals surface area contributed by atoms with Crippen LogP contribution in [-0.4, -0.2) is 21.6 Å². The van der Waals surface area contributed by atoms with Gasteiger partial charge in [-0.2, -0.15) is 5.10 Å². The molecule has 4 rings (SSSR count). The zero-order valence-corrected chi connectivity index (χ0v) is 17.2. The van der Waals surface area contributed by atoms with Gasteiger partial charge in [0.1, 0.15) is 5.82 Å². The molecule has 7 heteroatoms. The minimum absolute atomic E-state index is 0.205. The van der Waals surface area contributed by atoms with Gasteiger partial charge in [0.15, 0.2) is 0 Å². The number of hydrogen-bond donors (Lipinski definition) is 2. The van der Waals surface area contributed by atoms with Gasteiger partial charge in [0.25, 0.3) is 11.8 Å². The number of aromatic nitrogens is 2. The van der Waals surface area contributed by atoms with Crippen molar-refractivity contribution in [3.8, 4) is 0 Å². The largest absolute Gasteiger partial charge is 0.322 e. The molecule has 0 aliphatic rings. The molecule has 0 spiro atoms. The van der Waals surface area contributed by atoms with Crippen LogP contribution in [0.5, 0.6) is 0 Å². The minimum atomic E-state index is -0.265. The van der Waals surface area contributed by atoms with E-state index in [0.717, 1.165) is 5.56 Å². The molecule has 0 radical (unpaired) electrons. The summed E-state index contributed by atoms with van der Waals surface area (Å²) in [5.41, 5.74) is 2.66. The van der Waals surface area contributed by atoms with Gasteiger partial charge in [0.2, 0.25) is 0 Å². The molecule has 0 unspecified atom stereocenters. The number of anilines is 2. The van der Waals surface area contributed by atoms with E-state index in [1.165, 1.54) is 0 Å². The van der Waals surface area contributed by atoms with Crippen molar-refractivity contribution in [1.29, 1.82) is 0 Å². The van der Waals surface area contributed by atoms with Crippen molar-refractivity contribution in [2.45, 2.75) is 6.54 Å². The predicted octanol–water partition coefficient (Wildman–Crippen LogP) is 5.09. The van der Waals surface area contributed by atoms with Gasteiger partial charge in [-0.25, -0.2) is 4.68 Å². The van der Waals surface area contributed by atoms with Crippen LogP contribution in [0.2, 0.25) is 5.02 Å². The van der Waals surface area contributed by atoms with E-state index in [-0.39, 0.29) is 11.8 Å². The fraction of sp³-hybridized carbons (Fsp3) is 0.0417. The van der Waals surface area contributed by atoms with Crippen LogP contribution in [0.4, 0.5) is 11.5 Å². The van der Waals surface area contributed by atoms with E-state index in [9.17, 15) is 9.59 Å². The minimum Gasteiger partial charge on any atom is -0.322 e. The van der Waals surface area contributed by atoms with Crippen LogP contribution >= 0.6 is 11.6 Å². The maximum absolute atomic E-state index is 12.7. The predicted molar refractivity (Wildman–Crippen MR) is 122 cm³/mol. The Morgan fingerprint density at radius 3 is 2.13 bits per heavy atom. The number of halogens is 1. The van der Waals surface area contributed by atoms with Crippen molar-refractivity contribution >= 4 is 34.9 Å². The van der Waals surface area contributed by atoms with E-state index in [1.54, 1.807) is 65.5 Å². The van der Waals surface area contributed by atoms with Crippen LogP contribution in [0.25, 0.3) is 0 Å². The lowest BCUT2D eigenvalue weighted by Crippen LogP contribution is -2.16. The molecule has 2 N–H and O–H groups in total. The second-order valence-electron chi connectivity index (χ2n) is 6.85. The van der Waals surface area contributed by atoms with E-state index < -0.39 is 0 Å². The van der Waals surface area contributed by atoms with Gasteiger partial charge in [-0.05, 0) is 54.1 Å². The van der Waals surface area contributed by atoms with E-state index in [0.29, 0.717) is 34.2 Å². The first kappa shape index (κ1) is 20.4. The summed E-state index contributed by atoms with van der Waals surface area (Å²) in [7, 11) is 0. The summed E-state index contributed by atoms with van der Waals surface area (Å²) in [4.78, 5) is 24.9. The highest BCUT2D eigenvalue weighted by Gasteiger charge is 2.11. The number of carbonyl (C=O) groups is 2. The Morgan fingerprint density at radius 2 is 1.42 bits per heavy atom. The molecule has 0 saturated heterocycles. The molecular weight excluding hydrogens is 412 g/mol. The summed E-state index contributed by atoms with van der Waals surface area (Å²) in [6.07, 6.45) is 1.63. The third-order valence-electron chi connectivity index (χ3n) is 4.64. The van der Waals surface area contributed by atoms with E-state index in [1.807, 2.05) is 30.3 Å². The highest BCUT2D eigenvalue weighted by molar-refractivity contribution is 6.30. The third-order valence-corrected chi connectivity index (χ3v) is 4.90. The zero-order valence-electron chi connectivity index (χ0n) is 16.5. The molecule has 0 saturated carbocycles. The van der Waals surface area contributed by atoms with Gasteiger partial charge in [-0.1, -0.05) is 41.9 Å². The molecule has 4 aromatic rings. The molecule has 1 aromatic heterocycles. The summed E-state index contributed by atoms with van der Waals surface area (Å²) < 4.78 is 1.70. The van der Waals surface area contributed by atoms with Crippen LogP contribution in [0.3, 0.4) is 0 Å². The monoisotopic (exact) mass is 430 g/mol. The summed E-state index contributed by atoms with van der Waals surface area (Å²) in [6.45, 7) is 0.504. The Balaban J connectivity index is 1.40. The molecular formula is C24H19ClN4O2. The molecule has 154 valence electrons. The van der Waals surface area contributed by atoms with E-state index >= 15 is 0 Å². The van der Waals surface area contributed by atoms with Crippen molar-refractivity contribution in [2.75, 3.05) is 10.6 Å². The lowest BCUT2D eigenvalue weighted by molar-refractivity contribution is 0.101. The molecule has 0 atom stereocenters. The summed E-state index contributed by atoms with van der Waals surface area (Å²) in [5.74, 6) is 0.115. The number of amides is 2.